The van der Waals surface area contributed by atoms with Gasteiger partial charge in [0, 0.05) is 6.92 Å². The van der Waals surface area contributed by atoms with Gasteiger partial charge >= 0.3 is 5.97 Å². The summed E-state index contributed by atoms with van der Waals surface area (Å²) in [4.78, 5) is 10.8. The number of carbonyl (C=O) groups is 1. The maximum absolute atomic E-state index is 10.8. The third kappa shape index (κ3) is 2.04. The minimum absolute atomic E-state index is 0.142. The van der Waals surface area contributed by atoms with Crippen LogP contribution in [0.3, 0.4) is 0 Å². The van der Waals surface area contributed by atoms with Gasteiger partial charge in [0.1, 0.15) is 37.8 Å². The molecular weight excluding hydrogens is 232 g/mol. The summed E-state index contributed by atoms with van der Waals surface area (Å²) in [5.74, 6) is -0.345. The fourth-order valence-corrected chi connectivity index (χ4v) is 2.28. The van der Waals surface area contributed by atoms with Crippen molar-refractivity contribution in [3.05, 3.63) is 0 Å². The van der Waals surface area contributed by atoms with Crippen LogP contribution < -0.4 is 0 Å². The molecule has 3 fully saturated rings. The first-order valence-corrected chi connectivity index (χ1v) is 5.51. The highest BCUT2D eigenvalue weighted by molar-refractivity contribution is 5.65. The quantitative estimate of drug-likeness (QED) is 0.602. The second-order valence-corrected chi connectivity index (χ2v) is 4.14. The molecule has 3 aliphatic heterocycles. The molecule has 7 nitrogen and oxygen atoms in total. The zero-order valence-electron chi connectivity index (χ0n) is 9.37. The lowest BCUT2D eigenvalue weighted by molar-refractivity contribution is -0.252. The molecule has 96 valence electrons. The number of carbonyl (C=O) groups excluding carboxylic acids is 1. The summed E-state index contributed by atoms with van der Waals surface area (Å²) in [5.41, 5.74) is 0. The summed E-state index contributed by atoms with van der Waals surface area (Å²) in [6.07, 6.45) is -1.51. The van der Waals surface area contributed by atoms with E-state index in [0.29, 0.717) is 0 Å². The van der Waals surface area contributed by atoms with Crippen molar-refractivity contribution in [2.24, 2.45) is 0 Å². The van der Waals surface area contributed by atoms with Crippen molar-refractivity contribution in [3.8, 4) is 0 Å². The Labute approximate surface area is 97.8 Å². The van der Waals surface area contributed by atoms with Gasteiger partial charge in [-0.15, -0.1) is 0 Å². The molecule has 0 bridgehead atoms. The molecule has 0 aliphatic carbocycles. The zero-order valence-corrected chi connectivity index (χ0v) is 9.37. The first-order chi connectivity index (χ1) is 8.25. The van der Waals surface area contributed by atoms with Crippen LogP contribution in [-0.4, -0.2) is 56.9 Å². The molecular formula is C10H14O7. The molecule has 3 rings (SSSR count). The Morgan fingerprint density at radius 1 is 1.12 bits per heavy atom. The summed E-state index contributed by atoms with van der Waals surface area (Å²) >= 11 is 0. The number of rotatable bonds is 2. The Morgan fingerprint density at radius 3 is 2.71 bits per heavy atom. The molecule has 0 radical (unpaired) electrons. The van der Waals surface area contributed by atoms with Gasteiger partial charge in [0.2, 0.25) is 0 Å². The van der Waals surface area contributed by atoms with E-state index in [1.807, 2.05) is 0 Å². The van der Waals surface area contributed by atoms with Gasteiger partial charge in [-0.1, -0.05) is 0 Å². The normalized spacial score (nSPS) is 44.2. The molecule has 0 unspecified atom stereocenters. The van der Waals surface area contributed by atoms with E-state index >= 15 is 0 Å². The predicted molar refractivity (Wildman–Crippen MR) is 50.7 cm³/mol. The molecule has 3 heterocycles. The van der Waals surface area contributed by atoms with Crippen LogP contribution in [-0.2, 0) is 33.2 Å². The van der Waals surface area contributed by atoms with Crippen molar-refractivity contribution >= 4 is 5.97 Å². The van der Waals surface area contributed by atoms with Crippen LogP contribution in [0.4, 0.5) is 0 Å². The van der Waals surface area contributed by atoms with Crippen LogP contribution in [0.5, 0.6) is 0 Å². The summed E-state index contributed by atoms with van der Waals surface area (Å²) in [5, 5.41) is 0. The molecule has 0 aromatic carbocycles. The number of hydrogen-bond donors (Lipinski definition) is 0. The molecule has 0 saturated carbocycles. The molecule has 0 amide bonds. The van der Waals surface area contributed by atoms with Gasteiger partial charge in [-0.3, -0.25) is 4.79 Å². The van der Waals surface area contributed by atoms with Crippen LogP contribution in [0.15, 0.2) is 0 Å². The lowest BCUT2D eigenvalue weighted by Gasteiger charge is -2.33. The fraction of sp³-hybridized carbons (Fsp3) is 0.900. The highest BCUT2D eigenvalue weighted by Gasteiger charge is 2.55. The van der Waals surface area contributed by atoms with Crippen molar-refractivity contribution in [2.75, 3.05) is 20.2 Å². The van der Waals surface area contributed by atoms with Crippen molar-refractivity contribution in [3.63, 3.8) is 0 Å². The SMILES string of the molecule is CC(=O)OC[C@H]1OCO[C@@H]2[C@H]3OCO[C@H]3O[C@@H]21. The lowest BCUT2D eigenvalue weighted by atomic mass is 10.1. The van der Waals surface area contributed by atoms with Gasteiger partial charge in [0.25, 0.3) is 0 Å². The standard InChI is InChI=1S/C10H14O7/c1-5(11)12-2-6-7-8(14-3-13-6)9-10(17-7)16-4-15-9/h6-10H,2-4H2,1H3/t6-,7-,8+,9-,10+/m1/s1. The van der Waals surface area contributed by atoms with Gasteiger partial charge in [0.15, 0.2) is 13.1 Å². The molecule has 3 saturated heterocycles. The summed E-state index contributed by atoms with van der Waals surface area (Å²) in [6.45, 7) is 1.87. The highest BCUT2D eigenvalue weighted by Crippen LogP contribution is 2.35. The van der Waals surface area contributed by atoms with E-state index in [1.165, 1.54) is 6.92 Å². The van der Waals surface area contributed by atoms with Crippen molar-refractivity contribution < 1.29 is 33.2 Å². The molecule has 0 spiro atoms. The smallest absolute Gasteiger partial charge is 0.302 e. The largest absolute Gasteiger partial charge is 0.463 e. The lowest BCUT2D eigenvalue weighted by Crippen LogP contribution is -2.49. The van der Waals surface area contributed by atoms with Crippen molar-refractivity contribution in [1.82, 2.24) is 0 Å². The molecule has 0 N–H and O–H groups in total. The first-order valence-electron chi connectivity index (χ1n) is 5.51. The van der Waals surface area contributed by atoms with E-state index in [-0.39, 0.29) is 50.6 Å². The third-order valence-electron chi connectivity index (χ3n) is 3.06. The van der Waals surface area contributed by atoms with Gasteiger partial charge in [0.05, 0.1) is 0 Å². The van der Waals surface area contributed by atoms with E-state index in [4.69, 9.17) is 28.4 Å². The van der Waals surface area contributed by atoms with Crippen LogP contribution in [0.25, 0.3) is 0 Å². The second-order valence-electron chi connectivity index (χ2n) is 4.14. The topological polar surface area (TPSA) is 72.5 Å². The van der Waals surface area contributed by atoms with E-state index in [9.17, 15) is 4.79 Å². The number of hydrogen-bond acceptors (Lipinski definition) is 7. The van der Waals surface area contributed by atoms with E-state index in [1.54, 1.807) is 0 Å². The van der Waals surface area contributed by atoms with Crippen molar-refractivity contribution in [2.45, 2.75) is 37.6 Å². The second kappa shape index (κ2) is 4.51. The minimum Gasteiger partial charge on any atom is -0.463 e. The number of esters is 1. The summed E-state index contributed by atoms with van der Waals surface area (Å²) < 4.78 is 32.0. The Hall–Kier alpha value is -0.730. The Bertz CT molecular complexity index is 307. The molecule has 17 heavy (non-hydrogen) atoms. The van der Waals surface area contributed by atoms with E-state index in [0.717, 1.165) is 0 Å². The van der Waals surface area contributed by atoms with Crippen LogP contribution in [0, 0.1) is 0 Å². The van der Waals surface area contributed by atoms with Gasteiger partial charge in [-0.25, -0.2) is 0 Å². The Balaban J connectivity index is 1.65. The number of ether oxygens (including phenoxy) is 6. The Kier molecular flexibility index (Phi) is 3.01. The van der Waals surface area contributed by atoms with Crippen LogP contribution in [0.2, 0.25) is 0 Å². The van der Waals surface area contributed by atoms with Crippen LogP contribution >= 0.6 is 0 Å². The fourth-order valence-electron chi connectivity index (χ4n) is 2.28. The van der Waals surface area contributed by atoms with Crippen LogP contribution in [0.1, 0.15) is 6.92 Å². The number of fused-ring (bicyclic) bond motifs is 3. The monoisotopic (exact) mass is 246 g/mol. The van der Waals surface area contributed by atoms with Gasteiger partial charge in [-0.2, -0.15) is 0 Å². The molecule has 0 aromatic rings. The van der Waals surface area contributed by atoms with Crippen molar-refractivity contribution in [1.29, 1.82) is 0 Å². The van der Waals surface area contributed by atoms with E-state index < -0.39 is 6.29 Å². The predicted octanol–water partition coefficient (Wildman–Crippen LogP) is -0.611. The summed E-state index contributed by atoms with van der Waals surface area (Å²) in [6, 6.07) is 0. The molecule has 7 heteroatoms. The van der Waals surface area contributed by atoms with E-state index in [2.05, 4.69) is 0 Å². The Morgan fingerprint density at radius 2 is 1.88 bits per heavy atom. The van der Waals surface area contributed by atoms with Gasteiger partial charge in [-0.05, 0) is 0 Å². The maximum Gasteiger partial charge on any atom is 0.302 e. The average Bonchev–Trinajstić information content (AvgIpc) is 2.86. The molecule has 5 atom stereocenters. The zero-order chi connectivity index (χ0) is 11.8. The highest BCUT2D eigenvalue weighted by atomic mass is 16.8. The first kappa shape index (κ1) is 11.4. The summed E-state index contributed by atoms with van der Waals surface area (Å²) in [7, 11) is 0. The third-order valence-corrected chi connectivity index (χ3v) is 3.06. The average molecular weight is 246 g/mol. The molecule has 0 aromatic heterocycles. The van der Waals surface area contributed by atoms with Gasteiger partial charge < -0.3 is 28.4 Å². The minimum atomic E-state index is -0.411. The molecule has 3 aliphatic rings. The maximum atomic E-state index is 10.8.